The lowest BCUT2D eigenvalue weighted by atomic mass is 10.1. The summed E-state index contributed by atoms with van der Waals surface area (Å²) in [6.45, 7) is 17.4. The van der Waals surface area contributed by atoms with Gasteiger partial charge in [-0.05, 0) is 47.2 Å². The summed E-state index contributed by atoms with van der Waals surface area (Å²) in [5, 5.41) is 3.60. The highest BCUT2D eigenvalue weighted by molar-refractivity contribution is 4.80. The second-order valence-electron chi connectivity index (χ2n) is 6.84. The summed E-state index contributed by atoms with van der Waals surface area (Å²) >= 11 is 0. The molecule has 0 amide bonds. The SMILES string of the molecule is CC(CNC(C)(C)C)CN1CCN(C)CC1C. The first-order chi connectivity index (χ1) is 7.78. The predicted molar refractivity (Wildman–Crippen MR) is 75.5 cm³/mol. The molecule has 1 aliphatic rings. The van der Waals surface area contributed by atoms with Crippen molar-refractivity contribution in [1.82, 2.24) is 15.1 Å². The number of likely N-dealkylation sites (N-methyl/N-ethyl adjacent to an activating group) is 1. The third kappa shape index (κ3) is 5.84. The maximum atomic E-state index is 3.60. The van der Waals surface area contributed by atoms with Gasteiger partial charge in [-0.15, -0.1) is 0 Å². The van der Waals surface area contributed by atoms with Gasteiger partial charge in [-0.1, -0.05) is 6.92 Å². The van der Waals surface area contributed by atoms with Crippen molar-refractivity contribution in [1.29, 1.82) is 0 Å². The molecule has 1 N–H and O–H groups in total. The Bertz CT molecular complexity index is 222. The van der Waals surface area contributed by atoms with Gasteiger partial charge >= 0.3 is 0 Å². The first-order valence-corrected chi connectivity index (χ1v) is 6.95. The van der Waals surface area contributed by atoms with Gasteiger partial charge in [0.25, 0.3) is 0 Å². The van der Waals surface area contributed by atoms with E-state index >= 15 is 0 Å². The third-order valence-corrected chi connectivity index (χ3v) is 3.50. The summed E-state index contributed by atoms with van der Waals surface area (Å²) < 4.78 is 0. The molecule has 0 aromatic heterocycles. The van der Waals surface area contributed by atoms with Crippen molar-refractivity contribution < 1.29 is 0 Å². The molecule has 17 heavy (non-hydrogen) atoms. The normalized spacial score (nSPS) is 26.1. The van der Waals surface area contributed by atoms with Crippen LogP contribution in [0.15, 0.2) is 0 Å². The molecule has 0 aliphatic carbocycles. The first kappa shape index (κ1) is 14.9. The fraction of sp³-hybridized carbons (Fsp3) is 1.00. The number of nitrogens with one attached hydrogen (secondary N) is 1. The second-order valence-corrected chi connectivity index (χ2v) is 6.84. The number of piperazine rings is 1. The molecule has 2 unspecified atom stereocenters. The molecule has 1 aliphatic heterocycles. The molecule has 0 aromatic carbocycles. The molecule has 0 spiro atoms. The standard InChI is InChI=1S/C14H31N3/c1-12(9-15-14(3,4)5)10-17-8-7-16(6)11-13(17)2/h12-13,15H,7-11H2,1-6H3. The van der Waals surface area contributed by atoms with E-state index in [1.807, 2.05) is 0 Å². The minimum atomic E-state index is 0.238. The van der Waals surface area contributed by atoms with Gasteiger partial charge in [0.2, 0.25) is 0 Å². The van der Waals surface area contributed by atoms with Crippen molar-refractivity contribution in [3.8, 4) is 0 Å². The quantitative estimate of drug-likeness (QED) is 0.807. The minimum Gasteiger partial charge on any atom is -0.312 e. The van der Waals surface area contributed by atoms with Crippen LogP contribution >= 0.6 is 0 Å². The van der Waals surface area contributed by atoms with Gasteiger partial charge in [0.15, 0.2) is 0 Å². The maximum absolute atomic E-state index is 3.60. The van der Waals surface area contributed by atoms with Crippen LogP contribution in [0.3, 0.4) is 0 Å². The van der Waals surface area contributed by atoms with Crippen LogP contribution in [0.25, 0.3) is 0 Å². The lowest BCUT2D eigenvalue weighted by Crippen LogP contribution is -2.52. The van der Waals surface area contributed by atoms with Crippen LogP contribution in [0.5, 0.6) is 0 Å². The topological polar surface area (TPSA) is 18.5 Å². The summed E-state index contributed by atoms with van der Waals surface area (Å²) in [4.78, 5) is 5.06. The molecule has 1 fully saturated rings. The van der Waals surface area contributed by atoms with Gasteiger partial charge in [-0.2, -0.15) is 0 Å². The van der Waals surface area contributed by atoms with Crippen LogP contribution < -0.4 is 5.32 Å². The molecule has 1 heterocycles. The summed E-state index contributed by atoms with van der Waals surface area (Å²) in [6.07, 6.45) is 0. The van der Waals surface area contributed by atoms with Crippen LogP contribution in [0.4, 0.5) is 0 Å². The third-order valence-electron chi connectivity index (χ3n) is 3.50. The zero-order valence-electron chi connectivity index (χ0n) is 12.6. The van der Waals surface area contributed by atoms with E-state index in [9.17, 15) is 0 Å². The lowest BCUT2D eigenvalue weighted by molar-refractivity contribution is 0.0861. The van der Waals surface area contributed by atoms with Gasteiger partial charge < -0.3 is 10.2 Å². The van der Waals surface area contributed by atoms with E-state index in [-0.39, 0.29) is 5.54 Å². The fourth-order valence-corrected chi connectivity index (χ4v) is 2.39. The molecule has 102 valence electrons. The molecule has 1 saturated heterocycles. The Morgan fingerprint density at radius 3 is 2.47 bits per heavy atom. The van der Waals surface area contributed by atoms with E-state index in [0.717, 1.165) is 12.5 Å². The Morgan fingerprint density at radius 2 is 1.94 bits per heavy atom. The summed E-state index contributed by atoms with van der Waals surface area (Å²) in [5.74, 6) is 0.722. The zero-order chi connectivity index (χ0) is 13.1. The fourth-order valence-electron chi connectivity index (χ4n) is 2.39. The minimum absolute atomic E-state index is 0.238. The molecular formula is C14H31N3. The van der Waals surface area contributed by atoms with Gasteiger partial charge in [0, 0.05) is 37.8 Å². The highest BCUT2D eigenvalue weighted by atomic mass is 15.3. The van der Waals surface area contributed by atoms with Crippen molar-refractivity contribution in [3.63, 3.8) is 0 Å². The Hall–Kier alpha value is -0.120. The smallest absolute Gasteiger partial charge is 0.0195 e. The van der Waals surface area contributed by atoms with E-state index in [1.165, 1.54) is 26.2 Å². The van der Waals surface area contributed by atoms with Gasteiger partial charge in [-0.3, -0.25) is 4.90 Å². The average molecular weight is 241 g/mol. The number of hydrogen-bond acceptors (Lipinski definition) is 3. The van der Waals surface area contributed by atoms with Crippen LogP contribution in [-0.4, -0.2) is 61.2 Å². The first-order valence-electron chi connectivity index (χ1n) is 6.95. The summed E-state index contributed by atoms with van der Waals surface area (Å²) in [7, 11) is 2.22. The Balaban J connectivity index is 2.28. The van der Waals surface area contributed by atoms with Gasteiger partial charge in [0.05, 0.1) is 0 Å². The summed E-state index contributed by atoms with van der Waals surface area (Å²) in [6, 6.07) is 0.700. The van der Waals surface area contributed by atoms with Crippen molar-refractivity contribution in [2.75, 3.05) is 39.8 Å². The molecule has 0 radical (unpaired) electrons. The number of nitrogens with zero attached hydrogens (tertiary/aromatic N) is 2. The second kappa shape index (κ2) is 6.17. The molecule has 0 aromatic rings. The average Bonchev–Trinajstić information content (AvgIpc) is 2.18. The van der Waals surface area contributed by atoms with Crippen LogP contribution in [0.2, 0.25) is 0 Å². The van der Waals surface area contributed by atoms with Crippen molar-refractivity contribution >= 4 is 0 Å². The monoisotopic (exact) mass is 241 g/mol. The van der Waals surface area contributed by atoms with E-state index in [1.54, 1.807) is 0 Å². The van der Waals surface area contributed by atoms with Crippen LogP contribution in [0.1, 0.15) is 34.6 Å². The van der Waals surface area contributed by atoms with Crippen LogP contribution in [-0.2, 0) is 0 Å². The molecule has 2 atom stereocenters. The maximum Gasteiger partial charge on any atom is 0.0195 e. The Morgan fingerprint density at radius 1 is 1.29 bits per heavy atom. The van der Waals surface area contributed by atoms with Gasteiger partial charge in [-0.25, -0.2) is 0 Å². The van der Waals surface area contributed by atoms with E-state index in [2.05, 4.69) is 56.8 Å². The molecule has 3 nitrogen and oxygen atoms in total. The van der Waals surface area contributed by atoms with Crippen molar-refractivity contribution in [2.45, 2.75) is 46.2 Å². The Kier molecular flexibility index (Phi) is 5.42. The molecule has 3 heteroatoms. The van der Waals surface area contributed by atoms with E-state index < -0.39 is 0 Å². The molecule has 1 rings (SSSR count). The molecule has 0 saturated carbocycles. The zero-order valence-corrected chi connectivity index (χ0v) is 12.6. The highest BCUT2D eigenvalue weighted by Gasteiger charge is 2.23. The number of rotatable bonds is 4. The summed E-state index contributed by atoms with van der Waals surface area (Å²) in [5.41, 5.74) is 0.238. The highest BCUT2D eigenvalue weighted by Crippen LogP contribution is 2.11. The number of hydrogen-bond donors (Lipinski definition) is 1. The van der Waals surface area contributed by atoms with E-state index in [4.69, 9.17) is 0 Å². The molecular weight excluding hydrogens is 210 g/mol. The van der Waals surface area contributed by atoms with Crippen LogP contribution in [0, 0.1) is 5.92 Å². The van der Waals surface area contributed by atoms with Crippen molar-refractivity contribution in [3.05, 3.63) is 0 Å². The largest absolute Gasteiger partial charge is 0.312 e. The Labute approximate surface area is 108 Å². The molecule has 0 bridgehead atoms. The lowest BCUT2D eigenvalue weighted by Gasteiger charge is -2.39. The van der Waals surface area contributed by atoms with E-state index in [0.29, 0.717) is 6.04 Å². The predicted octanol–water partition coefficient (Wildman–Crippen LogP) is 1.65. The van der Waals surface area contributed by atoms with Crippen molar-refractivity contribution in [2.24, 2.45) is 5.92 Å². The van der Waals surface area contributed by atoms with Gasteiger partial charge in [0.1, 0.15) is 0 Å².